The number of hydrogen-bond acceptors (Lipinski definition) is 4. The molecule has 1 aromatic heterocycles. The minimum absolute atomic E-state index is 0.0697. The predicted molar refractivity (Wildman–Crippen MR) is 102 cm³/mol. The molecule has 1 aliphatic heterocycles. The Morgan fingerprint density at radius 2 is 1.86 bits per heavy atom. The van der Waals surface area contributed by atoms with E-state index >= 15 is 0 Å². The number of rotatable bonds is 4. The molecule has 2 aliphatic rings. The maximum absolute atomic E-state index is 12.8. The number of hydrogen-bond donors (Lipinski definition) is 2. The Balaban J connectivity index is 1.47. The van der Waals surface area contributed by atoms with Crippen LogP contribution in [0.25, 0.3) is 0 Å². The third-order valence-electron chi connectivity index (χ3n) is 5.89. The van der Waals surface area contributed by atoms with E-state index in [0.717, 1.165) is 44.0 Å². The molecule has 2 amide bonds. The van der Waals surface area contributed by atoms with Crippen molar-refractivity contribution in [1.29, 1.82) is 0 Å². The molecule has 2 heterocycles. The second-order valence-corrected chi connectivity index (χ2v) is 8.00. The van der Waals surface area contributed by atoms with Crippen molar-refractivity contribution < 1.29 is 22.8 Å². The van der Waals surface area contributed by atoms with Crippen LogP contribution in [0.15, 0.2) is 18.3 Å². The molecule has 6 nitrogen and oxygen atoms in total. The second kappa shape index (κ2) is 9.11. The summed E-state index contributed by atoms with van der Waals surface area (Å²) in [6, 6.07) is 1.62. The van der Waals surface area contributed by atoms with E-state index in [1.165, 1.54) is 0 Å². The van der Waals surface area contributed by atoms with Crippen molar-refractivity contribution in [2.75, 3.05) is 18.4 Å². The Labute approximate surface area is 168 Å². The first-order valence-corrected chi connectivity index (χ1v) is 10.1. The van der Waals surface area contributed by atoms with E-state index in [4.69, 9.17) is 5.73 Å². The van der Waals surface area contributed by atoms with Gasteiger partial charge in [0.15, 0.2) is 0 Å². The summed E-state index contributed by atoms with van der Waals surface area (Å²) in [6.45, 7) is 1.17. The lowest BCUT2D eigenvalue weighted by Crippen LogP contribution is -2.48. The van der Waals surface area contributed by atoms with Gasteiger partial charge in [0, 0.05) is 31.7 Å². The van der Waals surface area contributed by atoms with Crippen molar-refractivity contribution >= 4 is 17.6 Å². The molecule has 9 heteroatoms. The smallest absolute Gasteiger partial charge is 0.342 e. The predicted octanol–water partition coefficient (Wildman–Crippen LogP) is 3.19. The van der Waals surface area contributed by atoms with Gasteiger partial charge in [-0.2, -0.15) is 13.2 Å². The number of nitrogens with one attached hydrogen (secondary N) is 1. The first-order valence-electron chi connectivity index (χ1n) is 10.1. The summed E-state index contributed by atoms with van der Waals surface area (Å²) < 4.78 is 38.3. The Hall–Kier alpha value is -2.16. The van der Waals surface area contributed by atoms with Crippen LogP contribution in [0.5, 0.6) is 0 Å². The molecule has 0 radical (unpaired) electrons. The van der Waals surface area contributed by atoms with Crippen LogP contribution >= 0.6 is 0 Å². The van der Waals surface area contributed by atoms with Gasteiger partial charge in [0.1, 0.15) is 5.82 Å². The van der Waals surface area contributed by atoms with E-state index in [1.54, 1.807) is 0 Å². The Morgan fingerprint density at radius 1 is 1.17 bits per heavy atom. The maximum atomic E-state index is 12.8. The number of halogens is 3. The van der Waals surface area contributed by atoms with Crippen molar-refractivity contribution in [3.63, 3.8) is 0 Å². The first kappa shape index (κ1) is 21.5. The number of alkyl halides is 3. The molecule has 2 atom stereocenters. The van der Waals surface area contributed by atoms with Crippen LogP contribution in [0.2, 0.25) is 0 Å². The van der Waals surface area contributed by atoms with Gasteiger partial charge in [-0.05, 0) is 43.7 Å². The molecule has 3 N–H and O–H groups in total. The highest BCUT2D eigenvalue weighted by atomic mass is 19.4. The standard InChI is InChI=1S/C20H27F3N4O2/c21-20(22,23)14-5-8-25-17(12-14)26-18(28)11-13-6-9-27(10-7-13)19(29)15-3-1-2-4-16(15)24/h5,8,12-13,15-16H,1-4,6-7,9-11,24H2,(H,25,26,28)/t15-,16-/m0/s1. The molecule has 1 saturated heterocycles. The lowest BCUT2D eigenvalue weighted by molar-refractivity contribution is -0.139. The minimum atomic E-state index is -4.48. The van der Waals surface area contributed by atoms with E-state index in [9.17, 15) is 22.8 Å². The minimum Gasteiger partial charge on any atom is -0.342 e. The molecule has 0 aromatic carbocycles. The van der Waals surface area contributed by atoms with Crippen molar-refractivity contribution in [2.45, 2.75) is 57.2 Å². The summed E-state index contributed by atoms with van der Waals surface area (Å²) in [4.78, 5) is 30.6. The SMILES string of the molecule is N[C@H]1CCCC[C@@H]1C(=O)N1CCC(CC(=O)Nc2cc(C(F)(F)F)ccn2)CC1. The first-order chi connectivity index (χ1) is 13.7. The average Bonchev–Trinajstić information content (AvgIpc) is 2.68. The number of nitrogens with zero attached hydrogens (tertiary/aromatic N) is 2. The largest absolute Gasteiger partial charge is 0.416 e. The lowest BCUT2D eigenvalue weighted by atomic mass is 9.83. The summed E-state index contributed by atoms with van der Waals surface area (Å²) >= 11 is 0. The Kier molecular flexibility index (Phi) is 6.77. The quantitative estimate of drug-likeness (QED) is 0.795. The number of carbonyl (C=O) groups excluding carboxylic acids is 2. The molecule has 0 spiro atoms. The van der Waals surface area contributed by atoms with E-state index in [2.05, 4.69) is 10.3 Å². The molecular formula is C20H27F3N4O2. The number of aromatic nitrogens is 1. The molecule has 160 valence electrons. The van der Waals surface area contributed by atoms with Crippen LogP contribution in [-0.4, -0.2) is 40.8 Å². The molecule has 1 saturated carbocycles. The normalized spacial score (nSPS) is 23.7. The summed E-state index contributed by atoms with van der Waals surface area (Å²) in [7, 11) is 0. The van der Waals surface area contributed by atoms with E-state index in [1.807, 2.05) is 4.90 Å². The highest BCUT2D eigenvalue weighted by Gasteiger charge is 2.34. The highest BCUT2D eigenvalue weighted by Crippen LogP contribution is 2.30. The topological polar surface area (TPSA) is 88.3 Å². The second-order valence-electron chi connectivity index (χ2n) is 8.00. The van der Waals surface area contributed by atoms with Crippen molar-refractivity contribution in [3.05, 3.63) is 23.9 Å². The number of pyridine rings is 1. The van der Waals surface area contributed by atoms with E-state index < -0.39 is 11.7 Å². The summed E-state index contributed by atoms with van der Waals surface area (Å²) in [5.41, 5.74) is 5.26. The van der Waals surface area contributed by atoms with Gasteiger partial charge in [-0.3, -0.25) is 9.59 Å². The van der Waals surface area contributed by atoms with Crippen molar-refractivity contribution in [1.82, 2.24) is 9.88 Å². The van der Waals surface area contributed by atoms with Gasteiger partial charge in [0.25, 0.3) is 0 Å². The zero-order valence-corrected chi connectivity index (χ0v) is 16.3. The van der Waals surface area contributed by atoms with Crippen LogP contribution in [0.3, 0.4) is 0 Å². The average molecular weight is 412 g/mol. The van der Waals surface area contributed by atoms with Gasteiger partial charge in [-0.25, -0.2) is 4.98 Å². The van der Waals surface area contributed by atoms with Gasteiger partial charge in [-0.15, -0.1) is 0 Å². The molecule has 2 fully saturated rings. The summed E-state index contributed by atoms with van der Waals surface area (Å²) in [5.74, 6) is -0.367. The van der Waals surface area contributed by atoms with Gasteiger partial charge in [0.2, 0.25) is 11.8 Å². The molecule has 1 aliphatic carbocycles. The number of carbonyl (C=O) groups is 2. The van der Waals surface area contributed by atoms with E-state index in [0.29, 0.717) is 25.9 Å². The zero-order chi connectivity index (χ0) is 21.0. The third-order valence-corrected chi connectivity index (χ3v) is 5.89. The van der Waals surface area contributed by atoms with Gasteiger partial charge in [0.05, 0.1) is 11.5 Å². The number of nitrogens with two attached hydrogens (primary N) is 1. The fourth-order valence-corrected chi connectivity index (χ4v) is 4.19. The van der Waals surface area contributed by atoms with Gasteiger partial charge in [-0.1, -0.05) is 12.8 Å². The van der Waals surface area contributed by atoms with Crippen LogP contribution in [-0.2, 0) is 15.8 Å². The summed E-state index contributed by atoms with van der Waals surface area (Å²) in [5, 5.41) is 2.45. The summed E-state index contributed by atoms with van der Waals surface area (Å²) in [6.07, 6.45) is 1.95. The van der Waals surface area contributed by atoms with Crippen LogP contribution in [0.4, 0.5) is 19.0 Å². The fourth-order valence-electron chi connectivity index (χ4n) is 4.19. The Morgan fingerprint density at radius 3 is 2.52 bits per heavy atom. The lowest BCUT2D eigenvalue weighted by Gasteiger charge is -2.37. The van der Waals surface area contributed by atoms with Crippen LogP contribution in [0, 0.1) is 11.8 Å². The Bertz CT molecular complexity index is 733. The van der Waals surface area contributed by atoms with Crippen molar-refractivity contribution in [3.8, 4) is 0 Å². The van der Waals surface area contributed by atoms with Crippen LogP contribution < -0.4 is 11.1 Å². The number of amides is 2. The third kappa shape index (κ3) is 5.68. The monoisotopic (exact) mass is 412 g/mol. The maximum Gasteiger partial charge on any atom is 0.416 e. The van der Waals surface area contributed by atoms with Gasteiger partial charge < -0.3 is 16.0 Å². The number of likely N-dealkylation sites (tertiary alicyclic amines) is 1. The highest BCUT2D eigenvalue weighted by molar-refractivity contribution is 5.90. The molecule has 3 rings (SSSR count). The number of piperidine rings is 1. The number of anilines is 1. The molecule has 29 heavy (non-hydrogen) atoms. The van der Waals surface area contributed by atoms with Crippen molar-refractivity contribution in [2.24, 2.45) is 17.6 Å². The van der Waals surface area contributed by atoms with Gasteiger partial charge >= 0.3 is 6.18 Å². The molecular weight excluding hydrogens is 385 g/mol. The van der Waals surface area contributed by atoms with Crippen LogP contribution in [0.1, 0.15) is 50.5 Å². The molecule has 0 unspecified atom stereocenters. The van der Waals surface area contributed by atoms with E-state index in [-0.39, 0.29) is 41.9 Å². The molecule has 0 bridgehead atoms. The molecule has 1 aromatic rings. The fraction of sp³-hybridized carbons (Fsp3) is 0.650. The zero-order valence-electron chi connectivity index (χ0n) is 16.3.